The number of sulfonamides is 1. The molecule has 8 nitrogen and oxygen atoms in total. The Morgan fingerprint density at radius 3 is 2.46 bits per heavy atom. The zero-order valence-corrected chi connectivity index (χ0v) is 23.7. The molecule has 0 spiro atoms. The quantitative estimate of drug-likeness (QED) is 0.291. The van der Waals surface area contributed by atoms with Gasteiger partial charge in [0.2, 0.25) is 0 Å². The fourth-order valence-electron chi connectivity index (χ4n) is 4.56. The molecule has 0 unspecified atom stereocenters. The number of carbonyl (C=O) groups is 1. The van der Waals surface area contributed by atoms with Gasteiger partial charge in [0.25, 0.3) is 15.9 Å². The van der Waals surface area contributed by atoms with E-state index in [-0.39, 0.29) is 10.8 Å². The number of anilines is 2. The number of hydrogen-bond donors (Lipinski definition) is 0. The number of para-hydroxylation sites is 1. The maximum atomic E-state index is 13.8. The number of morpholine rings is 1. The molecule has 0 aliphatic carbocycles. The number of carbonyl (C=O) groups excluding carboxylic acids is 1. The minimum atomic E-state index is -3.77. The molecule has 0 bridgehead atoms. The zero-order chi connectivity index (χ0) is 27.4. The van der Waals surface area contributed by atoms with Crippen molar-refractivity contribution in [2.75, 3.05) is 55.6 Å². The normalized spacial score (nSPS) is 14.4. The highest BCUT2D eigenvalue weighted by molar-refractivity contribution is 7.92. The molecule has 1 aliphatic heterocycles. The predicted octanol–water partition coefficient (Wildman–Crippen LogP) is 4.80. The van der Waals surface area contributed by atoms with E-state index in [9.17, 15) is 13.2 Å². The predicted molar refractivity (Wildman–Crippen MR) is 156 cm³/mol. The zero-order valence-electron chi connectivity index (χ0n) is 22.1. The molecule has 204 valence electrons. The van der Waals surface area contributed by atoms with E-state index in [0.717, 1.165) is 55.0 Å². The molecule has 5 rings (SSSR count). The third-order valence-corrected chi connectivity index (χ3v) is 9.69. The smallest absolute Gasteiger partial charge is 0.264 e. The number of rotatable bonds is 9. The van der Waals surface area contributed by atoms with E-state index < -0.39 is 10.0 Å². The average Bonchev–Trinajstić information content (AvgIpc) is 3.38. The van der Waals surface area contributed by atoms with E-state index in [0.29, 0.717) is 22.9 Å². The van der Waals surface area contributed by atoms with E-state index in [4.69, 9.17) is 9.72 Å². The van der Waals surface area contributed by atoms with Crippen LogP contribution in [-0.2, 0) is 14.8 Å². The Balaban J connectivity index is 1.38. The Hall–Kier alpha value is -3.31. The number of amides is 1. The van der Waals surface area contributed by atoms with Crippen LogP contribution in [0.15, 0.2) is 77.7 Å². The topological polar surface area (TPSA) is 83.0 Å². The number of ether oxygens (including phenoxy) is 1. The van der Waals surface area contributed by atoms with Crippen LogP contribution in [0.4, 0.5) is 10.8 Å². The Morgan fingerprint density at radius 2 is 1.74 bits per heavy atom. The van der Waals surface area contributed by atoms with E-state index in [2.05, 4.69) is 11.0 Å². The lowest BCUT2D eigenvalue weighted by Crippen LogP contribution is -2.39. The first kappa shape index (κ1) is 27.3. The summed E-state index contributed by atoms with van der Waals surface area (Å²) in [5.74, 6) is -0.201. The minimum absolute atomic E-state index is 0.125. The van der Waals surface area contributed by atoms with E-state index in [1.165, 1.54) is 34.8 Å². The minimum Gasteiger partial charge on any atom is -0.379 e. The number of fused-ring (bicyclic) bond motifs is 1. The van der Waals surface area contributed by atoms with Crippen molar-refractivity contribution in [3.8, 4) is 0 Å². The molecule has 0 saturated carbocycles. The van der Waals surface area contributed by atoms with Crippen molar-refractivity contribution in [3.05, 3.63) is 83.9 Å². The number of aryl methyl sites for hydroxylation is 1. The molecule has 0 radical (unpaired) electrons. The second kappa shape index (κ2) is 11.8. The summed E-state index contributed by atoms with van der Waals surface area (Å²) in [6.07, 6.45) is 0.787. The molecule has 1 aliphatic rings. The van der Waals surface area contributed by atoms with Gasteiger partial charge in [0.15, 0.2) is 5.13 Å². The summed E-state index contributed by atoms with van der Waals surface area (Å²) in [5.41, 5.74) is 2.98. The average molecular weight is 565 g/mol. The maximum Gasteiger partial charge on any atom is 0.264 e. The highest BCUT2D eigenvalue weighted by atomic mass is 32.2. The molecule has 2 heterocycles. The van der Waals surface area contributed by atoms with E-state index >= 15 is 0 Å². The van der Waals surface area contributed by atoms with Crippen LogP contribution < -0.4 is 9.21 Å². The molecule has 1 aromatic heterocycles. The first-order chi connectivity index (χ1) is 18.8. The Bertz CT molecular complexity index is 1530. The SMILES string of the molecule is Cc1ccc2nc(N(CCCN3CCOCC3)C(=O)c3ccc(S(=O)(=O)N(C)c4ccccc4)cc3)sc2c1. The maximum absolute atomic E-state index is 13.8. The fourth-order valence-corrected chi connectivity index (χ4v) is 6.84. The third kappa shape index (κ3) is 6.14. The Kier molecular flexibility index (Phi) is 8.27. The number of aromatic nitrogens is 1. The van der Waals surface area contributed by atoms with Gasteiger partial charge in [0.1, 0.15) is 0 Å². The lowest BCUT2D eigenvalue weighted by Gasteiger charge is -2.27. The van der Waals surface area contributed by atoms with Crippen LogP contribution >= 0.6 is 11.3 Å². The molecule has 0 N–H and O–H groups in total. The monoisotopic (exact) mass is 564 g/mol. The largest absolute Gasteiger partial charge is 0.379 e. The lowest BCUT2D eigenvalue weighted by atomic mass is 10.2. The summed E-state index contributed by atoms with van der Waals surface area (Å²) < 4.78 is 34.1. The van der Waals surface area contributed by atoms with Crippen molar-refractivity contribution in [2.45, 2.75) is 18.2 Å². The standard InChI is InChI=1S/C29H32N4O4S2/c1-22-9-14-26-27(21-22)38-29(30-26)33(16-6-15-32-17-19-37-20-18-32)28(34)23-10-12-25(13-11-23)39(35,36)31(2)24-7-4-3-5-8-24/h3-5,7-14,21H,6,15-20H2,1-2H3. The van der Waals surface area contributed by atoms with Gasteiger partial charge in [-0.1, -0.05) is 35.6 Å². The lowest BCUT2D eigenvalue weighted by molar-refractivity contribution is 0.0376. The van der Waals surface area contributed by atoms with Crippen LogP contribution in [0.2, 0.25) is 0 Å². The molecule has 1 saturated heterocycles. The van der Waals surface area contributed by atoms with Crippen molar-refractivity contribution in [2.24, 2.45) is 0 Å². The highest BCUT2D eigenvalue weighted by Crippen LogP contribution is 2.31. The second-order valence-electron chi connectivity index (χ2n) is 9.56. The summed E-state index contributed by atoms with van der Waals surface area (Å²) in [6, 6.07) is 21.1. The summed E-state index contributed by atoms with van der Waals surface area (Å²) >= 11 is 1.50. The van der Waals surface area contributed by atoms with E-state index in [1.54, 1.807) is 41.3 Å². The number of nitrogens with zero attached hydrogens (tertiary/aromatic N) is 4. The fraction of sp³-hybridized carbons (Fsp3) is 0.310. The van der Waals surface area contributed by atoms with Crippen LogP contribution in [0.5, 0.6) is 0 Å². The van der Waals surface area contributed by atoms with Gasteiger partial charge in [-0.3, -0.25) is 18.9 Å². The summed E-state index contributed by atoms with van der Waals surface area (Å²) in [4.78, 5) is 22.7. The molecule has 4 aromatic rings. The highest BCUT2D eigenvalue weighted by Gasteiger charge is 2.25. The van der Waals surface area contributed by atoms with Crippen LogP contribution in [0.3, 0.4) is 0 Å². The molecule has 1 fully saturated rings. The second-order valence-corrected chi connectivity index (χ2v) is 12.5. The van der Waals surface area contributed by atoms with Crippen molar-refractivity contribution >= 4 is 48.3 Å². The van der Waals surface area contributed by atoms with E-state index in [1.807, 2.05) is 25.1 Å². The van der Waals surface area contributed by atoms with Gasteiger partial charge >= 0.3 is 0 Å². The van der Waals surface area contributed by atoms with Gasteiger partial charge < -0.3 is 4.74 Å². The summed E-state index contributed by atoms with van der Waals surface area (Å²) in [6.45, 7) is 6.65. The molecule has 10 heteroatoms. The van der Waals surface area contributed by atoms with Gasteiger partial charge in [0, 0.05) is 38.8 Å². The van der Waals surface area contributed by atoms with Crippen molar-refractivity contribution in [1.29, 1.82) is 0 Å². The van der Waals surface area contributed by atoms with Crippen LogP contribution in [-0.4, -0.2) is 70.6 Å². The number of thiazole rings is 1. The number of benzene rings is 3. The molecular formula is C29H32N4O4S2. The van der Waals surface area contributed by atoms with Gasteiger partial charge in [0.05, 0.1) is 34.0 Å². The first-order valence-electron chi connectivity index (χ1n) is 13.0. The summed E-state index contributed by atoms with van der Waals surface area (Å²) in [5, 5.41) is 0.642. The Morgan fingerprint density at radius 1 is 1.03 bits per heavy atom. The molecule has 3 aromatic carbocycles. The molecular weight excluding hydrogens is 532 g/mol. The van der Waals surface area contributed by atoms with Gasteiger partial charge in [-0.05, 0) is 67.4 Å². The van der Waals surface area contributed by atoms with Crippen molar-refractivity contribution < 1.29 is 17.9 Å². The first-order valence-corrected chi connectivity index (χ1v) is 15.2. The number of hydrogen-bond acceptors (Lipinski definition) is 7. The third-order valence-electron chi connectivity index (χ3n) is 6.85. The van der Waals surface area contributed by atoms with Gasteiger partial charge in [-0.2, -0.15) is 0 Å². The van der Waals surface area contributed by atoms with Crippen LogP contribution in [0.1, 0.15) is 22.3 Å². The van der Waals surface area contributed by atoms with Gasteiger partial charge in [-0.15, -0.1) is 0 Å². The van der Waals surface area contributed by atoms with Gasteiger partial charge in [-0.25, -0.2) is 13.4 Å². The van der Waals surface area contributed by atoms with Crippen LogP contribution in [0.25, 0.3) is 10.2 Å². The van der Waals surface area contributed by atoms with Crippen molar-refractivity contribution in [3.63, 3.8) is 0 Å². The Labute approximate surface area is 233 Å². The molecule has 1 amide bonds. The summed E-state index contributed by atoms with van der Waals surface area (Å²) in [7, 11) is -2.25. The van der Waals surface area contributed by atoms with Crippen molar-refractivity contribution in [1.82, 2.24) is 9.88 Å². The molecule has 39 heavy (non-hydrogen) atoms. The van der Waals surface area contributed by atoms with Crippen LogP contribution in [0, 0.1) is 6.92 Å². The molecule has 0 atom stereocenters.